The van der Waals surface area contributed by atoms with Gasteiger partial charge in [-0.05, 0) is 12.8 Å². The van der Waals surface area contributed by atoms with E-state index in [2.05, 4.69) is 5.32 Å². The lowest BCUT2D eigenvalue weighted by atomic mass is 10.0. The van der Waals surface area contributed by atoms with E-state index >= 15 is 0 Å². The summed E-state index contributed by atoms with van der Waals surface area (Å²) in [5.41, 5.74) is -0.658. The number of hydrogen-bond donors (Lipinski definition) is 1. The first-order valence-corrected chi connectivity index (χ1v) is 6.54. The van der Waals surface area contributed by atoms with Crippen molar-refractivity contribution in [3.05, 3.63) is 0 Å². The Bertz CT molecular complexity index is 259. The van der Waals surface area contributed by atoms with Crippen molar-refractivity contribution in [2.45, 2.75) is 55.2 Å². The lowest BCUT2D eigenvalue weighted by Gasteiger charge is -2.29. The second kappa shape index (κ2) is 5.30. The average Bonchev–Trinajstić information content (AvgIpc) is 2.43. The fourth-order valence-electron chi connectivity index (χ4n) is 1.99. The van der Waals surface area contributed by atoms with E-state index in [0.717, 1.165) is 25.7 Å². The summed E-state index contributed by atoms with van der Waals surface area (Å²) >= 11 is 17.1. The normalized spacial score (nSPS) is 24.6. The van der Waals surface area contributed by atoms with Gasteiger partial charge in [0.05, 0.1) is 0 Å². The maximum Gasteiger partial charge on any atom is 0.255 e. The minimum absolute atomic E-state index is 0.345. The van der Waals surface area contributed by atoms with Crippen molar-refractivity contribution in [3.8, 4) is 0 Å². The van der Waals surface area contributed by atoms with E-state index in [1.54, 1.807) is 0 Å². The van der Waals surface area contributed by atoms with Crippen molar-refractivity contribution in [3.63, 3.8) is 0 Å². The summed E-state index contributed by atoms with van der Waals surface area (Å²) in [4.78, 5) is 11.7. The van der Waals surface area contributed by atoms with Crippen LogP contribution in [0, 0.1) is 0 Å². The Hall–Kier alpha value is 0.300. The molecule has 1 N–H and O–H groups in total. The number of carbonyl (C=O) groups is 1. The molecule has 0 saturated carbocycles. The predicted molar refractivity (Wildman–Crippen MR) is 65.9 cm³/mol. The predicted octanol–water partition coefficient (Wildman–Crippen LogP) is 3.17. The number of rotatable bonds is 4. The van der Waals surface area contributed by atoms with E-state index in [1.165, 1.54) is 0 Å². The van der Waals surface area contributed by atoms with Gasteiger partial charge in [-0.15, -0.1) is 0 Å². The van der Waals surface area contributed by atoms with Crippen LogP contribution in [-0.2, 0) is 9.53 Å². The molecule has 1 amide bonds. The van der Waals surface area contributed by atoms with Crippen LogP contribution < -0.4 is 5.32 Å². The van der Waals surface area contributed by atoms with Crippen molar-refractivity contribution in [1.29, 1.82) is 0 Å². The van der Waals surface area contributed by atoms with Crippen molar-refractivity contribution >= 4 is 40.7 Å². The molecule has 0 aromatic rings. The smallest absolute Gasteiger partial charge is 0.255 e. The van der Waals surface area contributed by atoms with Crippen LogP contribution >= 0.6 is 34.8 Å². The maximum atomic E-state index is 11.7. The Labute approximate surface area is 111 Å². The second-order valence-electron chi connectivity index (χ2n) is 4.02. The van der Waals surface area contributed by atoms with Gasteiger partial charge in [0.25, 0.3) is 5.91 Å². The first kappa shape index (κ1) is 14.4. The number of carbonyl (C=O) groups excluding carboxylic acids is 1. The van der Waals surface area contributed by atoms with Crippen molar-refractivity contribution in [2.24, 2.45) is 0 Å². The molecule has 16 heavy (non-hydrogen) atoms. The molecule has 1 fully saturated rings. The summed E-state index contributed by atoms with van der Waals surface area (Å²) in [7, 11) is 0. The number of nitrogens with one attached hydrogen (secondary N) is 1. The number of amides is 1. The molecule has 0 aliphatic carbocycles. The van der Waals surface area contributed by atoms with E-state index in [0.29, 0.717) is 0 Å². The zero-order valence-corrected chi connectivity index (χ0v) is 11.6. The summed E-state index contributed by atoms with van der Waals surface area (Å²) in [6, 6.07) is 0. The van der Waals surface area contributed by atoms with E-state index in [9.17, 15) is 4.79 Å². The molecule has 0 aromatic carbocycles. The first-order valence-electron chi connectivity index (χ1n) is 5.41. The number of halogens is 3. The van der Waals surface area contributed by atoms with Gasteiger partial charge in [0.1, 0.15) is 5.72 Å². The van der Waals surface area contributed by atoms with E-state index < -0.39 is 15.6 Å². The Morgan fingerprint density at radius 3 is 2.12 bits per heavy atom. The molecule has 0 radical (unpaired) electrons. The molecule has 1 unspecified atom stereocenters. The molecule has 0 spiro atoms. The molecule has 3 nitrogen and oxygen atoms in total. The molecule has 94 valence electrons. The third-order valence-electron chi connectivity index (χ3n) is 2.54. The highest BCUT2D eigenvalue weighted by Crippen LogP contribution is 2.39. The Morgan fingerprint density at radius 1 is 1.31 bits per heavy atom. The largest absolute Gasteiger partial charge is 0.338 e. The van der Waals surface area contributed by atoms with Gasteiger partial charge >= 0.3 is 0 Å². The van der Waals surface area contributed by atoms with Crippen LogP contribution in [0.5, 0.6) is 0 Å². The van der Waals surface area contributed by atoms with Gasteiger partial charge in [0, 0.05) is 0 Å². The molecule has 1 atom stereocenters. The lowest BCUT2D eigenvalue weighted by molar-refractivity contribution is -0.124. The zero-order valence-electron chi connectivity index (χ0n) is 9.36. The highest BCUT2D eigenvalue weighted by Gasteiger charge is 2.52. The second-order valence-corrected chi connectivity index (χ2v) is 6.39. The highest BCUT2D eigenvalue weighted by atomic mass is 35.6. The lowest BCUT2D eigenvalue weighted by Crippen LogP contribution is -2.42. The van der Waals surface area contributed by atoms with Crippen LogP contribution in [0.4, 0.5) is 0 Å². The van der Waals surface area contributed by atoms with Crippen LogP contribution in [0.2, 0.25) is 0 Å². The molecule has 1 aliphatic heterocycles. The van der Waals surface area contributed by atoms with Crippen molar-refractivity contribution < 1.29 is 9.53 Å². The maximum absolute atomic E-state index is 11.7. The van der Waals surface area contributed by atoms with Crippen LogP contribution in [0.25, 0.3) is 0 Å². The molecule has 1 aliphatic rings. The Kier molecular flexibility index (Phi) is 4.76. The van der Waals surface area contributed by atoms with Crippen molar-refractivity contribution in [2.75, 3.05) is 0 Å². The zero-order chi connectivity index (χ0) is 12.4. The fraction of sp³-hybridized carbons (Fsp3) is 0.900. The van der Waals surface area contributed by atoms with Crippen molar-refractivity contribution in [1.82, 2.24) is 5.32 Å². The van der Waals surface area contributed by atoms with Crippen LogP contribution in [0.3, 0.4) is 0 Å². The summed E-state index contributed by atoms with van der Waals surface area (Å²) in [5, 5.41) is 2.81. The minimum Gasteiger partial charge on any atom is -0.338 e. The SMILES string of the molecule is CCCC1(CCC)NC(=O)C(C(Cl)(Cl)Cl)O1. The van der Waals surface area contributed by atoms with Gasteiger partial charge in [-0.3, -0.25) is 4.79 Å². The van der Waals surface area contributed by atoms with Gasteiger partial charge in [-0.1, -0.05) is 61.5 Å². The van der Waals surface area contributed by atoms with Gasteiger partial charge < -0.3 is 10.1 Å². The third-order valence-corrected chi connectivity index (χ3v) is 3.13. The van der Waals surface area contributed by atoms with E-state index in [-0.39, 0.29) is 5.91 Å². The fourth-order valence-corrected chi connectivity index (χ4v) is 2.42. The van der Waals surface area contributed by atoms with Gasteiger partial charge in [-0.25, -0.2) is 0 Å². The molecule has 1 rings (SSSR count). The molecule has 0 bridgehead atoms. The molecule has 1 heterocycles. The number of alkyl halides is 3. The third kappa shape index (κ3) is 3.16. The highest BCUT2D eigenvalue weighted by molar-refractivity contribution is 6.68. The summed E-state index contributed by atoms with van der Waals surface area (Å²) < 4.78 is 3.94. The molecule has 1 saturated heterocycles. The van der Waals surface area contributed by atoms with E-state index in [4.69, 9.17) is 39.5 Å². The van der Waals surface area contributed by atoms with Gasteiger partial charge in [0.2, 0.25) is 3.79 Å². The number of ether oxygens (including phenoxy) is 1. The summed E-state index contributed by atoms with van der Waals surface area (Å²) in [6.07, 6.45) is 2.23. The average molecular weight is 289 g/mol. The van der Waals surface area contributed by atoms with Crippen LogP contribution in [0.15, 0.2) is 0 Å². The quantitative estimate of drug-likeness (QED) is 0.807. The molecular weight excluding hydrogens is 272 g/mol. The monoisotopic (exact) mass is 287 g/mol. The Balaban J connectivity index is 2.82. The van der Waals surface area contributed by atoms with E-state index in [1.807, 2.05) is 13.8 Å². The van der Waals surface area contributed by atoms with Gasteiger partial charge in [-0.2, -0.15) is 0 Å². The summed E-state index contributed by atoms with van der Waals surface area (Å²) in [6.45, 7) is 4.05. The standard InChI is InChI=1S/C10H16Cl3NO2/c1-3-5-9(6-4-2)14-8(15)7(16-9)10(11,12)13/h7H,3-6H2,1-2H3,(H,14,15). The first-order chi connectivity index (χ1) is 7.34. The van der Waals surface area contributed by atoms with Crippen LogP contribution in [0.1, 0.15) is 39.5 Å². The minimum atomic E-state index is -1.71. The van der Waals surface area contributed by atoms with Crippen LogP contribution in [-0.4, -0.2) is 21.5 Å². The molecule has 0 aromatic heterocycles. The molecule has 6 heteroatoms. The topological polar surface area (TPSA) is 38.3 Å². The number of hydrogen-bond acceptors (Lipinski definition) is 2. The summed E-state index contributed by atoms with van der Waals surface area (Å²) in [5.74, 6) is -0.345. The molecular formula is C10H16Cl3NO2. The van der Waals surface area contributed by atoms with Gasteiger partial charge in [0.15, 0.2) is 6.10 Å². The Morgan fingerprint density at radius 2 is 1.81 bits per heavy atom.